The van der Waals surface area contributed by atoms with Gasteiger partial charge in [0.05, 0.1) is 5.69 Å². The molecule has 4 nitrogen and oxygen atoms in total. The maximum absolute atomic E-state index is 12.5. The Hall–Kier alpha value is -3.36. The van der Waals surface area contributed by atoms with Crippen molar-refractivity contribution in [3.63, 3.8) is 0 Å². The second-order valence-corrected chi connectivity index (χ2v) is 5.86. The van der Waals surface area contributed by atoms with Gasteiger partial charge in [0.2, 0.25) is 0 Å². The summed E-state index contributed by atoms with van der Waals surface area (Å²) < 4.78 is 5.36. The van der Waals surface area contributed by atoms with Crippen LogP contribution in [0.1, 0.15) is 27.0 Å². The summed E-state index contributed by atoms with van der Waals surface area (Å²) in [6.07, 6.45) is 9.90. The molecule has 4 heteroatoms. The molecule has 0 aliphatic carbocycles. The third kappa shape index (κ3) is 3.30. The number of benzene rings is 2. The van der Waals surface area contributed by atoms with Crippen LogP contribution >= 0.6 is 0 Å². The van der Waals surface area contributed by atoms with E-state index in [0.717, 1.165) is 34.5 Å². The van der Waals surface area contributed by atoms with Crippen molar-refractivity contribution >= 4 is 23.9 Å². The summed E-state index contributed by atoms with van der Waals surface area (Å²) >= 11 is 0. The first kappa shape index (κ1) is 15.2. The molecule has 1 N–H and O–H groups in total. The van der Waals surface area contributed by atoms with E-state index in [9.17, 15) is 4.79 Å². The first-order chi connectivity index (χ1) is 12.3. The zero-order chi connectivity index (χ0) is 17.1. The number of fused-ring (bicyclic) bond motifs is 2. The van der Waals surface area contributed by atoms with E-state index >= 15 is 0 Å². The minimum Gasteiger partial charge on any atom is -0.456 e. The highest BCUT2D eigenvalue weighted by molar-refractivity contribution is 5.95. The SMILES string of the molecule is O=C(NCc1ccc2c(c1)C=C=CO2)c1ccc2c(c1)CC=CC=N2. The molecule has 0 fully saturated rings. The van der Waals surface area contributed by atoms with Crippen molar-refractivity contribution in [1.29, 1.82) is 0 Å². The summed E-state index contributed by atoms with van der Waals surface area (Å²) in [7, 11) is 0. The standard InChI is InChI=1S/C21H16N2O2/c24-21(18-7-8-19-16(13-18)4-1-2-10-22-19)23-14-15-6-9-20-17(12-15)5-3-11-25-20/h1-2,5-13H,4,14H2,(H,23,24). The molecule has 122 valence electrons. The van der Waals surface area contributed by atoms with Crippen LogP contribution in [-0.4, -0.2) is 12.1 Å². The number of aliphatic imine (C=N–C) groups is 1. The van der Waals surface area contributed by atoms with Crippen LogP contribution < -0.4 is 10.1 Å². The summed E-state index contributed by atoms with van der Waals surface area (Å²) in [4.78, 5) is 16.8. The van der Waals surface area contributed by atoms with Gasteiger partial charge in [-0.3, -0.25) is 9.79 Å². The van der Waals surface area contributed by atoms with Crippen molar-refractivity contribution < 1.29 is 9.53 Å². The monoisotopic (exact) mass is 328 g/mol. The summed E-state index contributed by atoms with van der Waals surface area (Å²) in [6, 6.07) is 11.4. The number of nitrogens with zero attached hydrogens (tertiary/aromatic N) is 1. The molecule has 0 radical (unpaired) electrons. The lowest BCUT2D eigenvalue weighted by molar-refractivity contribution is 0.0951. The normalized spacial score (nSPS) is 13.6. The first-order valence-corrected chi connectivity index (χ1v) is 8.10. The number of nitrogens with one attached hydrogen (secondary N) is 1. The highest BCUT2D eigenvalue weighted by Gasteiger charge is 2.10. The molecule has 0 unspecified atom stereocenters. The fourth-order valence-electron chi connectivity index (χ4n) is 2.83. The van der Waals surface area contributed by atoms with E-state index in [1.807, 2.05) is 54.6 Å². The third-order valence-electron chi connectivity index (χ3n) is 4.14. The Morgan fingerprint density at radius 1 is 1.24 bits per heavy atom. The van der Waals surface area contributed by atoms with Crippen molar-refractivity contribution in [2.75, 3.05) is 0 Å². The van der Waals surface area contributed by atoms with Gasteiger partial charge in [-0.2, -0.15) is 0 Å². The maximum atomic E-state index is 12.5. The van der Waals surface area contributed by atoms with Crippen molar-refractivity contribution in [2.24, 2.45) is 4.99 Å². The van der Waals surface area contributed by atoms with Gasteiger partial charge in [0.25, 0.3) is 5.91 Å². The number of carbonyl (C=O) groups excluding carboxylic acids is 1. The molecule has 0 aromatic heterocycles. The smallest absolute Gasteiger partial charge is 0.251 e. The van der Waals surface area contributed by atoms with Gasteiger partial charge in [0.1, 0.15) is 12.0 Å². The van der Waals surface area contributed by atoms with Gasteiger partial charge in [-0.25, -0.2) is 0 Å². The molecule has 2 aliphatic heterocycles. The van der Waals surface area contributed by atoms with Crippen LogP contribution in [-0.2, 0) is 13.0 Å². The number of hydrogen-bond acceptors (Lipinski definition) is 3. The summed E-state index contributed by atoms with van der Waals surface area (Å²) in [5.41, 5.74) is 7.51. The van der Waals surface area contributed by atoms with E-state index in [0.29, 0.717) is 12.1 Å². The highest BCUT2D eigenvalue weighted by atomic mass is 16.5. The average Bonchev–Trinajstić information content (AvgIpc) is 2.90. The average molecular weight is 328 g/mol. The predicted octanol–water partition coefficient (Wildman–Crippen LogP) is 3.95. The molecule has 25 heavy (non-hydrogen) atoms. The maximum Gasteiger partial charge on any atom is 0.251 e. The molecule has 2 aromatic rings. The molecule has 4 rings (SSSR count). The zero-order valence-corrected chi connectivity index (χ0v) is 13.5. The lowest BCUT2D eigenvalue weighted by Gasteiger charge is -2.11. The third-order valence-corrected chi connectivity index (χ3v) is 4.14. The Balaban J connectivity index is 1.47. The van der Waals surface area contributed by atoms with E-state index in [-0.39, 0.29) is 5.91 Å². The molecule has 2 aliphatic rings. The Bertz CT molecular complexity index is 964. The number of hydrogen-bond donors (Lipinski definition) is 1. The molecular weight excluding hydrogens is 312 g/mol. The fraction of sp³-hybridized carbons (Fsp3) is 0.0952. The second-order valence-electron chi connectivity index (χ2n) is 5.86. The van der Waals surface area contributed by atoms with Crippen LogP contribution in [0.3, 0.4) is 0 Å². The van der Waals surface area contributed by atoms with Crippen LogP contribution in [0.5, 0.6) is 5.75 Å². The minimum atomic E-state index is -0.0931. The second kappa shape index (κ2) is 6.63. The van der Waals surface area contributed by atoms with Gasteiger partial charge in [0, 0.05) is 23.9 Å². The molecular formula is C21H16N2O2. The molecule has 2 heterocycles. The van der Waals surface area contributed by atoms with Crippen molar-refractivity contribution in [1.82, 2.24) is 5.32 Å². The molecule has 2 aromatic carbocycles. The Morgan fingerprint density at radius 3 is 3.16 bits per heavy atom. The molecule has 0 saturated heterocycles. The lowest BCUT2D eigenvalue weighted by atomic mass is 10.0. The molecule has 0 bridgehead atoms. The van der Waals surface area contributed by atoms with E-state index in [1.165, 1.54) is 6.26 Å². The topological polar surface area (TPSA) is 50.7 Å². The number of ether oxygens (including phenoxy) is 1. The number of allylic oxidation sites excluding steroid dienone is 2. The van der Waals surface area contributed by atoms with Gasteiger partial charge < -0.3 is 10.1 Å². The highest BCUT2D eigenvalue weighted by Crippen LogP contribution is 2.25. The van der Waals surface area contributed by atoms with E-state index in [4.69, 9.17) is 4.74 Å². The predicted molar refractivity (Wildman–Crippen MR) is 98.2 cm³/mol. The van der Waals surface area contributed by atoms with Crippen molar-refractivity contribution in [3.05, 3.63) is 82.8 Å². The van der Waals surface area contributed by atoms with Crippen LogP contribution in [0.25, 0.3) is 6.08 Å². The number of rotatable bonds is 3. The van der Waals surface area contributed by atoms with Gasteiger partial charge in [0.15, 0.2) is 0 Å². The lowest BCUT2D eigenvalue weighted by Crippen LogP contribution is -2.23. The Kier molecular flexibility index (Phi) is 4.03. The fourth-order valence-corrected chi connectivity index (χ4v) is 2.83. The molecule has 1 amide bonds. The first-order valence-electron chi connectivity index (χ1n) is 8.10. The van der Waals surface area contributed by atoms with Crippen molar-refractivity contribution in [3.8, 4) is 5.75 Å². The largest absolute Gasteiger partial charge is 0.456 e. The number of amides is 1. The minimum absolute atomic E-state index is 0.0931. The van der Waals surface area contributed by atoms with Crippen LogP contribution in [0.2, 0.25) is 0 Å². The van der Waals surface area contributed by atoms with Crippen LogP contribution in [0, 0.1) is 0 Å². The summed E-state index contributed by atoms with van der Waals surface area (Å²) in [5.74, 6) is 0.706. The van der Waals surface area contributed by atoms with E-state index < -0.39 is 0 Å². The quantitative estimate of drug-likeness (QED) is 0.867. The molecule has 0 spiro atoms. The summed E-state index contributed by atoms with van der Waals surface area (Å²) in [6.45, 7) is 0.457. The Labute approximate surface area is 145 Å². The molecule has 0 saturated carbocycles. The number of carbonyl (C=O) groups is 1. The van der Waals surface area contributed by atoms with Crippen LogP contribution in [0.15, 0.2) is 65.5 Å². The van der Waals surface area contributed by atoms with Crippen molar-refractivity contribution in [2.45, 2.75) is 13.0 Å². The Morgan fingerprint density at radius 2 is 2.20 bits per heavy atom. The van der Waals surface area contributed by atoms with Gasteiger partial charge in [-0.05, 0) is 60.0 Å². The van der Waals surface area contributed by atoms with Gasteiger partial charge in [-0.1, -0.05) is 17.9 Å². The van der Waals surface area contributed by atoms with Gasteiger partial charge >= 0.3 is 0 Å². The van der Waals surface area contributed by atoms with E-state index in [2.05, 4.69) is 16.0 Å². The van der Waals surface area contributed by atoms with Crippen LogP contribution in [0.4, 0.5) is 5.69 Å². The van der Waals surface area contributed by atoms with Gasteiger partial charge in [-0.15, -0.1) is 0 Å². The summed E-state index contributed by atoms with van der Waals surface area (Å²) in [5, 5.41) is 2.97. The zero-order valence-electron chi connectivity index (χ0n) is 13.5. The van der Waals surface area contributed by atoms with E-state index in [1.54, 1.807) is 6.21 Å². The molecule has 0 atom stereocenters.